The van der Waals surface area contributed by atoms with Crippen molar-refractivity contribution in [3.05, 3.63) is 64.1 Å². The van der Waals surface area contributed by atoms with Gasteiger partial charge in [0.15, 0.2) is 0 Å². The van der Waals surface area contributed by atoms with E-state index in [4.69, 9.17) is 5.73 Å². The highest BCUT2D eigenvalue weighted by Gasteiger charge is 2.34. The summed E-state index contributed by atoms with van der Waals surface area (Å²) in [4.78, 5) is 0.844. The fourth-order valence-electron chi connectivity index (χ4n) is 3.07. The van der Waals surface area contributed by atoms with Crippen LogP contribution in [0.4, 0.5) is 0 Å². The lowest BCUT2D eigenvalue weighted by molar-refractivity contribution is 0.513. The van der Waals surface area contributed by atoms with Crippen molar-refractivity contribution in [3.8, 4) is 0 Å². The van der Waals surface area contributed by atoms with Gasteiger partial charge in [0.05, 0.1) is 16.0 Å². The minimum absolute atomic E-state index is 0.0378. The summed E-state index contributed by atoms with van der Waals surface area (Å²) in [5.41, 5.74) is 8.87. The zero-order valence-electron chi connectivity index (χ0n) is 11.8. The first-order valence-corrected chi connectivity index (χ1v) is 9.09. The molecule has 1 aliphatic carbocycles. The van der Waals surface area contributed by atoms with Gasteiger partial charge in [-0.2, -0.15) is 0 Å². The first-order chi connectivity index (χ1) is 10.1. The summed E-state index contributed by atoms with van der Waals surface area (Å²) in [7, 11) is -1.09. The molecule has 3 rings (SSSR count). The van der Waals surface area contributed by atoms with Gasteiger partial charge >= 0.3 is 0 Å². The Morgan fingerprint density at radius 1 is 1.14 bits per heavy atom. The van der Waals surface area contributed by atoms with E-state index >= 15 is 0 Å². The Morgan fingerprint density at radius 2 is 1.86 bits per heavy atom. The van der Waals surface area contributed by atoms with Gasteiger partial charge in [0.2, 0.25) is 0 Å². The number of hydrogen-bond donors (Lipinski definition) is 1. The summed E-state index contributed by atoms with van der Waals surface area (Å²) in [5, 5.41) is -0.0378. The topological polar surface area (TPSA) is 43.1 Å². The number of rotatable bonds is 2. The number of halogens is 1. The fraction of sp³-hybridized carbons (Fsp3) is 0.294. The Balaban J connectivity index is 1.96. The maximum Gasteiger partial charge on any atom is 0.0593 e. The van der Waals surface area contributed by atoms with Crippen LogP contribution >= 0.6 is 15.9 Å². The molecule has 2 N–H and O–H groups in total. The zero-order chi connectivity index (χ0) is 15.0. The van der Waals surface area contributed by atoms with Crippen molar-refractivity contribution < 1.29 is 4.21 Å². The van der Waals surface area contributed by atoms with Crippen molar-refractivity contribution in [1.29, 1.82) is 0 Å². The van der Waals surface area contributed by atoms with Gasteiger partial charge in [-0.1, -0.05) is 53.2 Å². The average molecular weight is 364 g/mol. The molecule has 4 unspecified atom stereocenters. The molecule has 0 saturated heterocycles. The second kappa shape index (κ2) is 6.03. The maximum absolute atomic E-state index is 12.9. The molecular weight excluding hydrogens is 346 g/mol. The van der Waals surface area contributed by atoms with E-state index in [0.717, 1.165) is 21.4 Å². The second-order valence-corrected chi connectivity index (χ2v) is 8.17. The molecule has 0 fully saturated rings. The molecule has 2 aromatic rings. The lowest BCUT2D eigenvalue weighted by Gasteiger charge is -2.34. The molecule has 1 aliphatic rings. The van der Waals surface area contributed by atoms with Crippen molar-refractivity contribution >= 4 is 26.7 Å². The van der Waals surface area contributed by atoms with Crippen molar-refractivity contribution in [1.82, 2.24) is 0 Å². The Labute approximate surface area is 136 Å². The monoisotopic (exact) mass is 363 g/mol. The van der Waals surface area contributed by atoms with Gasteiger partial charge in [0.1, 0.15) is 0 Å². The first kappa shape index (κ1) is 14.9. The first-order valence-electron chi connectivity index (χ1n) is 7.08. The Morgan fingerprint density at radius 3 is 2.57 bits per heavy atom. The zero-order valence-corrected chi connectivity index (χ0v) is 14.2. The van der Waals surface area contributed by atoms with Gasteiger partial charge in [-0.3, -0.25) is 4.21 Å². The molecule has 0 radical (unpaired) electrons. The molecule has 2 aromatic carbocycles. The second-order valence-electron chi connectivity index (χ2n) is 5.58. The van der Waals surface area contributed by atoms with Gasteiger partial charge in [0.25, 0.3) is 0 Å². The molecule has 0 amide bonds. The van der Waals surface area contributed by atoms with Crippen LogP contribution in [0.5, 0.6) is 0 Å². The SMILES string of the molecule is CC1CC(S(=O)c2cccc(Br)c2)C(N)c2ccccc21. The third-order valence-corrected chi connectivity index (χ3v) is 6.42. The Kier molecular flexibility index (Phi) is 4.29. The van der Waals surface area contributed by atoms with E-state index in [1.54, 1.807) is 0 Å². The quantitative estimate of drug-likeness (QED) is 0.871. The summed E-state index contributed by atoms with van der Waals surface area (Å²) in [6.45, 7) is 2.19. The lowest BCUT2D eigenvalue weighted by atomic mass is 9.81. The predicted molar refractivity (Wildman–Crippen MR) is 90.7 cm³/mol. The van der Waals surface area contributed by atoms with Crippen molar-refractivity contribution in [3.63, 3.8) is 0 Å². The highest BCUT2D eigenvalue weighted by molar-refractivity contribution is 9.10. The van der Waals surface area contributed by atoms with Crippen LogP contribution in [0.15, 0.2) is 57.9 Å². The van der Waals surface area contributed by atoms with Crippen molar-refractivity contribution in [2.24, 2.45) is 5.73 Å². The van der Waals surface area contributed by atoms with Crippen molar-refractivity contribution in [2.75, 3.05) is 0 Å². The summed E-state index contributed by atoms with van der Waals surface area (Å²) in [5.74, 6) is 0.391. The van der Waals surface area contributed by atoms with Crippen LogP contribution in [0.25, 0.3) is 0 Å². The number of nitrogens with two attached hydrogens (primary N) is 1. The lowest BCUT2D eigenvalue weighted by Crippen LogP contribution is -2.36. The minimum Gasteiger partial charge on any atom is -0.323 e. The van der Waals surface area contributed by atoms with Gasteiger partial charge in [0, 0.05) is 15.4 Å². The van der Waals surface area contributed by atoms with E-state index in [1.807, 2.05) is 36.4 Å². The van der Waals surface area contributed by atoms with Crippen LogP contribution in [0.2, 0.25) is 0 Å². The van der Waals surface area contributed by atoms with E-state index in [9.17, 15) is 4.21 Å². The summed E-state index contributed by atoms with van der Waals surface area (Å²) in [6, 6.07) is 15.8. The average Bonchev–Trinajstić information content (AvgIpc) is 2.50. The normalized spacial score (nSPS) is 26.1. The number of hydrogen-bond acceptors (Lipinski definition) is 2. The van der Waals surface area contributed by atoms with E-state index in [-0.39, 0.29) is 11.3 Å². The molecular formula is C17H18BrNOS. The maximum atomic E-state index is 12.9. The van der Waals surface area contributed by atoms with Gasteiger partial charge in [-0.25, -0.2) is 0 Å². The molecule has 0 bridgehead atoms. The predicted octanol–water partition coefficient (Wildman–Crippen LogP) is 4.13. The van der Waals surface area contributed by atoms with Crippen LogP contribution in [0.3, 0.4) is 0 Å². The van der Waals surface area contributed by atoms with E-state index in [1.165, 1.54) is 5.56 Å². The fourth-order valence-corrected chi connectivity index (χ4v) is 5.31. The van der Waals surface area contributed by atoms with E-state index < -0.39 is 10.8 Å². The van der Waals surface area contributed by atoms with Gasteiger partial charge < -0.3 is 5.73 Å². The molecule has 4 atom stereocenters. The number of benzene rings is 2. The molecule has 0 spiro atoms. The largest absolute Gasteiger partial charge is 0.323 e. The molecule has 0 aliphatic heterocycles. The van der Waals surface area contributed by atoms with Crippen LogP contribution in [0, 0.1) is 0 Å². The van der Waals surface area contributed by atoms with Gasteiger partial charge in [-0.05, 0) is 41.7 Å². The third kappa shape index (κ3) is 2.85. The standard InChI is InChI=1S/C17H18BrNOS/c1-11-9-16(17(19)15-8-3-2-7-14(11)15)21(20)13-6-4-5-12(18)10-13/h2-8,10-11,16-17H,9,19H2,1H3. The smallest absolute Gasteiger partial charge is 0.0593 e. The molecule has 2 nitrogen and oxygen atoms in total. The summed E-state index contributed by atoms with van der Waals surface area (Å²) in [6.07, 6.45) is 0.858. The van der Waals surface area contributed by atoms with Crippen LogP contribution < -0.4 is 5.73 Å². The third-order valence-electron chi connectivity index (χ3n) is 4.18. The van der Waals surface area contributed by atoms with E-state index in [0.29, 0.717) is 5.92 Å². The summed E-state index contributed by atoms with van der Waals surface area (Å²) >= 11 is 3.44. The Bertz CT molecular complexity index is 688. The summed E-state index contributed by atoms with van der Waals surface area (Å²) < 4.78 is 13.9. The van der Waals surface area contributed by atoms with Crippen molar-refractivity contribution in [2.45, 2.75) is 35.4 Å². The molecule has 0 saturated carbocycles. The van der Waals surface area contributed by atoms with Crippen LogP contribution in [-0.2, 0) is 10.8 Å². The van der Waals surface area contributed by atoms with Gasteiger partial charge in [-0.15, -0.1) is 0 Å². The highest BCUT2D eigenvalue weighted by atomic mass is 79.9. The number of fused-ring (bicyclic) bond motifs is 1. The molecule has 0 aromatic heterocycles. The molecule has 110 valence electrons. The molecule has 4 heteroatoms. The molecule has 0 heterocycles. The highest BCUT2D eigenvalue weighted by Crippen LogP contribution is 2.39. The molecule has 21 heavy (non-hydrogen) atoms. The van der Waals surface area contributed by atoms with Crippen LogP contribution in [-0.4, -0.2) is 9.46 Å². The minimum atomic E-state index is -1.09. The van der Waals surface area contributed by atoms with E-state index in [2.05, 4.69) is 35.0 Å². The van der Waals surface area contributed by atoms with Crippen LogP contribution in [0.1, 0.15) is 36.4 Å². The Hall–Kier alpha value is -0.970.